The van der Waals surface area contributed by atoms with Gasteiger partial charge in [0.05, 0.1) is 18.5 Å². The molecule has 0 radical (unpaired) electrons. The van der Waals surface area contributed by atoms with Crippen LogP contribution in [0.25, 0.3) is 0 Å². The topological polar surface area (TPSA) is 43.0 Å². The molecular weight excluding hydrogens is 214 g/mol. The first-order chi connectivity index (χ1) is 8.35. The largest absolute Gasteiger partial charge is 0.467 e. The normalized spacial score (nSPS) is 12.8. The average Bonchev–Trinajstić information content (AvgIpc) is 2.97. The minimum Gasteiger partial charge on any atom is -0.467 e. The first-order valence-corrected chi connectivity index (χ1v) is 6.14. The van der Waals surface area contributed by atoms with Gasteiger partial charge < -0.3 is 9.73 Å². The molecule has 0 saturated carbocycles. The molecule has 0 amide bonds. The molecule has 0 spiro atoms. The fourth-order valence-electron chi connectivity index (χ4n) is 1.92. The maximum atomic E-state index is 5.47. The third-order valence-corrected chi connectivity index (χ3v) is 2.68. The first kappa shape index (κ1) is 11.9. The summed E-state index contributed by atoms with van der Waals surface area (Å²) in [5.41, 5.74) is 1.15. The number of rotatable bonds is 6. The van der Waals surface area contributed by atoms with Gasteiger partial charge in [-0.1, -0.05) is 13.8 Å². The van der Waals surface area contributed by atoms with Gasteiger partial charge in [0, 0.05) is 18.3 Å². The molecule has 4 heteroatoms. The molecule has 1 atom stereocenters. The van der Waals surface area contributed by atoms with Crippen LogP contribution in [0.2, 0.25) is 0 Å². The Labute approximate surface area is 102 Å². The Morgan fingerprint density at radius 2 is 2.35 bits per heavy atom. The minimum absolute atomic E-state index is 0.0978. The summed E-state index contributed by atoms with van der Waals surface area (Å²) in [5.74, 6) is 0.933. The van der Waals surface area contributed by atoms with Crippen molar-refractivity contribution in [1.82, 2.24) is 15.1 Å². The van der Waals surface area contributed by atoms with Gasteiger partial charge in [0.25, 0.3) is 0 Å². The molecule has 2 aromatic rings. The molecule has 0 aromatic carbocycles. The molecule has 0 fully saturated rings. The lowest BCUT2D eigenvalue weighted by Gasteiger charge is -2.13. The van der Waals surface area contributed by atoms with Gasteiger partial charge in [0.1, 0.15) is 5.76 Å². The number of hydrogen-bond acceptors (Lipinski definition) is 3. The highest BCUT2D eigenvalue weighted by Crippen LogP contribution is 2.21. The Hall–Kier alpha value is -1.55. The highest BCUT2D eigenvalue weighted by atomic mass is 16.3. The molecule has 2 aromatic heterocycles. The van der Waals surface area contributed by atoms with E-state index in [0.717, 1.165) is 30.8 Å². The Balaban J connectivity index is 2.20. The van der Waals surface area contributed by atoms with Crippen molar-refractivity contribution < 1.29 is 4.42 Å². The molecule has 2 rings (SSSR count). The zero-order valence-corrected chi connectivity index (χ0v) is 10.4. The van der Waals surface area contributed by atoms with Crippen LogP contribution in [0.3, 0.4) is 0 Å². The molecule has 17 heavy (non-hydrogen) atoms. The molecule has 0 saturated heterocycles. The second-order valence-corrected chi connectivity index (χ2v) is 4.04. The van der Waals surface area contributed by atoms with E-state index in [2.05, 4.69) is 30.5 Å². The zero-order valence-electron chi connectivity index (χ0n) is 10.4. The molecule has 4 nitrogen and oxygen atoms in total. The lowest BCUT2D eigenvalue weighted by atomic mass is 10.1. The minimum atomic E-state index is 0.0978. The van der Waals surface area contributed by atoms with E-state index in [4.69, 9.17) is 4.42 Å². The van der Waals surface area contributed by atoms with E-state index < -0.39 is 0 Å². The van der Waals surface area contributed by atoms with Crippen molar-refractivity contribution in [1.29, 1.82) is 0 Å². The van der Waals surface area contributed by atoms with Gasteiger partial charge in [-0.3, -0.25) is 4.68 Å². The molecule has 1 N–H and O–H groups in total. The smallest absolute Gasteiger partial charge is 0.125 e. The van der Waals surface area contributed by atoms with E-state index in [-0.39, 0.29) is 6.04 Å². The van der Waals surface area contributed by atoms with Gasteiger partial charge in [-0.15, -0.1) is 0 Å². The first-order valence-electron chi connectivity index (χ1n) is 6.14. The molecule has 2 heterocycles. The highest BCUT2D eigenvalue weighted by molar-refractivity contribution is 5.21. The Bertz CT molecular complexity index is 433. The van der Waals surface area contributed by atoms with Crippen LogP contribution in [0.5, 0.6) is 0 Å². The predicted octanol–water partition coefficient (Wildman–Crippen LogP) is 2.59. The molecule has 0 bridgehead atoms. The molecule has 0 aliphatic carbocycles. The second kappa shape index (κ2) is 5.68. The second-order valence-electron chi connectivity index (χ2n) is 4.04. The number of furan rings is 1. The standard InChI is InChI=1S/C13H19N3O/c1-3-7-16-10-11(9-15-16)13(14-4-2)12-6-5-8-17-12/h5-6,8-10,13-14H,3-4,7H2,1-2H3. The SMILES string of the molecule is CCCn1cc(C(NCC)c2ccco2)cn1. The third kappa shape index (κ3) is 2.77. The van der Waals surface area contributed by atoms with Crippen LogP contribution in [0.4, 0.5) is 0 Å². The number of aromatic nitrogens is 2. The summed E-state index contributed by atoms with van der Waals surface area (Å²) >= 11 is 0. The number of hydrogen-bond donors (Lipinski definition) is 1. The van der Waals surface area contributed by atoms with Crippen molar-refractivity contribution >= 4 is 0 Å². The summed E-state index contributed by atoms with van der Waals surface area (Å²) in [5, 5.41) is 7.76. The summed E-state index contributed by atoms with van der Waals surface area (Å²) < 4.78 is 7.45. The van der Waals surface area contributed by atoms with E-state index >= 15 is 0 Å². The monoisotopic (exact) mass is 233 g/mol. The lowest BCUT2D eigenvalue weighted by molar-refractivity contribution is 0.452. The van der Waals surface area contributed by atoms with E-state index in [1.807, 2.05) is 23.0 Å². The summed E-state index contributed by atoms with van der Waals surface area (Å²) in [6, 6.07) is 4.00. The van der Waals surface area contributed by atoms with Gasteiger partial charge in [-0.05, 0) is 25.1 Å². The van der Waals surface area contributed by atoms with Crippen LogP contribution < -0.4 is 5.32 Å². The number of aryl methyl sites for hydroxylation is 1. The van der Waals surface area contributed by atoms with Crippen LogP contribution in [-0.2, 0) is 6.54 Å². The Kier molecular flexibility index (Phi) is 3.98. The third-order valence-electron chi connectivity index (χ3n) is 2.68. The van der Waals surface area contributed by atoms with E-state index in [1.165, 1.54) is 0 Å². The molecule has 1 unspecified atom stereocenters. The summed E-state index contributed by atoms with van der Waals surface area (Å²) in [6.45, 7) is 6.09. The molecule has 92 valence electrons. The Morgan fingerprint density at radius 1 is 1.47 bits per heavy atom. The van der Waals surface area contributed by atoms with E-state index in [1.54, 1.807) is 6.26 Å². The van der Waals surface area contributed by atoms with Crippen molar-refractivity contribution in [3.8, 4) is 0 Å². The van der Waals surface area contributed by atoms with Crippen LogP contribution in [0.15, 0.2) is 35.2 Å². The zero-order chi connectivity index (χ0) is 12.1. The molecular formula is C13H19N3O. The molecule has 0 aliphatic heterocycles. The lowest BCUT2D eigenvalue weighted by Crippen LogP contribution is -2.21. The van der Waals surface area contributed by atoms with Crippen molar-refractivity contribution in [3.63, 3.8) is 0 Å². The fourth-order valence-corrected chi connectivity index (χ4v) is 1.92. The summed E-state index contributed by atoms with van der Waals surface area (Å²) in [7, 11) is 0. The van der Waals surface area contributed by atoms with Crippen molar-refractivity contribution in [2.24, 2.45) is 0 Å². The van der Waals surface area contributed by atoms with E-state index in [0.29, 0.717) is 0 Å². The number of nitrogens with zero attached hydrogens (tertiary/aromatic N) is 2. The molecule has 0 aliphatic rings. The Morgan fingerprint density at radius 3 is 3.00 bits per heavy atom. The van der Waals surface area contributed by atoms with Gasteiger partial charge >= 0.3 is 0 Å². The van der Waals surface area contributed by atoms with E-state index in [9.17, 15) is 0 Å². The van der Waals surface area contributed by atoms with Crippen molar-refractivity contribution in [2.75, 3.05) is 6.54 Å². The van der Waals surface area contributed by atoms with Crippen molar-refractivity contribution in [2.45, 2.75) is 32.9 Å². The van der Waals surface area contributed by atoms with Gasteiger partial charge in [0.15, 0.2) is 0 Å². The number of nitrogens with one attached hydrogen (secondary N) is 1. The van der Waals surface area contributed by atoms with Crippen LogP contribution in [-0.4, -0.2) is 16.3 Å². The van der Waals surface area contributed by atoms with Gasteiger partial charge in [-0.2, -0.15) is 5.10 Å². The van der Waals surface area contributed by atoms with Crippen LogP contribution in [0, 0.1) is 0 Å². The van der Waals surface area contributed by atoms with Gasteiger partial charge in [0.2, 0.25) is 0 Å². The quantitative estimate of drug-likeness (QED) is 0.834. The van der Waals surface area contributed by atoms with Crippen LogP contribution >= 0.6 is 0 Å². The fraction of sp³-hybridized carbons (Fsp3) is 0.462. The average molecular weight is 233 g/mol. The maximum Gasteiger partial charge on any atom is 0.125 e. The summed E-state index contributed by atoms with van der Waals surface area (Å²) in [4.78, 5) is 0. The summed E-state index contributed by atoms with van der Waals surface area (Å²) in [6.07, 6.45) is 6.79. The highest BCUT2D eigenvalue weighted by Gasteiger charge is 2.17. The maximum absolute atomic E-state index is 5.47. The van der Waals surface area contributed by atoms with Gasteiger partial charge in [-0.25, -0.2) is 0 Å². The van der Waals surface area contributed by atoms with Crippen molar-refractivity contribution in [3.05, 3.63) is 42.1 Å². The predicted molar refractivity (Wildman–Crippen MR) is 66.7 cm³/mol. The van der Waals surface area contributed by atoms with Crippen LogP contribution in [0.1, 0.15) is 37.6 Å².